The lowest BCUT2D eigenvalue weighted by molar-refractivity contribution is 0.199. The highest BCUT2D eigenvalue weighted by molar-refractivity contribution is 7.99. The van der Waals surface area contributed by atoms with Gasteiger partial charge in [-0.25, -0.2) is 9.97 Å². The third-order valence-corrected chi connectivity index (χ3v) is 5.15. The van der Waals surface area contributed by atoms with Gasteiger partial charge in [-0.15, -0.1) is 0 Å². The molecule has 2 aromatic rings. The maximum absolute atomic E-state index is 5.21. The van der Waals surface area contributed by atoms with Crippen LogP contribution in [0.5, 0.6) is 0 Å². The number of pyridine rings is 1. The predicted octanol–water partition coefficient (Wildman–Crippen LogP) is 2.91. The maximum Gasteiger partial charge on any atom is 0.160 e. The highest BCUT2D eigenvalue weighted by Gasteiger charge is 2.18. The highest BCUT2D eigenvalue weighted by Crippen LogP contribution is 2.28. The lowest BCUT2D eigenvalue weighted by Gasteiger charge is -2.22. The van der Waals surface area contributed by atoms with Crippen LogP contribution in [0, 0.1) is 0 Å². The predicted molar refractivity (Wildman–Crippen MR) is 83.2 cm³/mol. The smallest absolute Gasteiger partial charge is 0.160 e. The number of hydrogen-bond donors (Lipinski definition) is 0. The third-order valence-electron chi connectivity index (χ3n) is 3.77. The van der Waals surface area contributed by atoms with Crippen LogP contribution in [0.1, 0.15) is 25.1 Å². The molecule has 1 atom stereocenters. The Morgan fingerprint density at radius 1 is 1.45 bits per heavy atom. The fourth-order valence-electron chi connectivity index (χ4n) is 2.74. The van der Waals surface area contributed by atoms with Crippen molar-refractivity contribution < 1.29 is 4.74 Å². The highest BCUT2D eigenvalue weighted by atomic mass is 32.2. The van der Waals surface area contributed by atoms with Gasteiger partial charge in [0, 0.05) is 31.5 Å². The summed E-state index contributed by atoms with van der Waals surface area (Å²) in [5.74, 6) is 2.39. The van der Waals surface area contributed by atoms with Crippen molar-refractivity contribution in [3.8, 4) is 0 Å². The van der Waals surface area contributed by atoms with Crippen molar-refractivity contribution in [2.24, 2.45) is 0 Å². The zero-order valence-electron chi connectivity index (χ0n) is 11.9. The second-order valence-electron chi connectivity index (χ2n) is 5.22. The molecular weight excluding hydrogens is 270 g/mol. The van der Waals surface area contributed by atoms with Crippen LogP contribution in [0.3, 0.4) is 0 Å². The Morgan fingerprint density at radius 2 is 2.40 bits per heavy atom. The van der Waals surface area contributed by atoms with Gasteiger partial charge in [0.25, 0.3) is 0 Å². The first-order valence-electron chi connectivity index (χ1n) is 7.29. The van der Waals surface area contributed by atoms with E-state index in [1.165, 1.54) is 25.0 Å². The van der Waals surface area contributed by atoms with E-state index >= 15 is 0 Å². The van der Waals surface area contributed by atoms with Crippen LogP contribution < -0.4 is 0 Å². The van der Waals surface area contributed by atoms with Gasteiger partial charge in [-0.3, -0.25) is 0 Å². The summed E-state index contributed by atoms with van der Waals surface area (Å²) < 4.78 is 7.51. The van der Waals surface area contributed by atoms with E-state index in [1.807, 2.05) is 18.3 Å². The molecule has 4 nitrogen and oxygen atoms in total. The van der Waals surface area contributed by atoms with Crippen LogP contribution in [-0.2, 0) is 17.7 Å². The standard InChI is InChI=1S/C15H21N3OS/c1-19-9-7-14-17-13-6-4-8-16-15(13)18(14)11-12-5-2-3-10-20-12/h4,6,8,12H,2-3,5,7,9-11H2,1H3. The van der Waals surface area contributed by atoms with Crippen molar-refractivity contribution in [1.29, 1.82) is 0 Å². The Morgan fingerprint density at radius 3 is 3.20 bits per heavy atom. The number of ether oxygens (including phenoxy) is 1. The molecule has 1 aliphatic heterocycles. The van der Waals surface area contributed by atoms with Crippen LogP contribution in [0.4, 0.5) is 0 Å². The fourth-order valence-corrected chi connectivity index (χ4v) is 4.03. The van der Waals surface area contributed by atoms with Crippen LogP contribution >= 0.6 is 11.8 Å². The van der Waals surface area contributed by atoms with Crippen molar-refractivity contribution in [1.82, 2.24) is 14.5 Å². The molecule has 1 aliphatic rings. The van der Waals surface area contributed by atoms with Gasteiger partial charge >= 0.3 is 0 Å². The lowest BCUT2D eigenvalue weighted by atomic mass is 10.2. The molecule has 2 aromatic heterocycles. The second-order valence-corrected chi connectivity index (χ2v) is 6.62. The molecule has 3 heterocycles. The van der Waals surface area contributed by atoms with E-state index in [0.717, 1.165) is 30.0 Å². The molecule has 0 aliphatic carbocycles. The zero-order valence-corrected chi connectivity index (χ0v) is 12.7. The molecule has 20 heavy (non-hydrogen) atoms. The first kappa shape index (κ1) is 13.9. The van der Waals surface area contributed by atoms with Gasteiger partial charge in [-0.05, 0) is 30.7 Å². The number of fused-ring (bicyclic) bond motifs is 1. The van der Waals surface area contributed by atoms with E-state index in [0.29, 0.717) is 11.9 Å². The summed E-state index contributed by atoms with van der Waals surface area (Å²) in [7, 11) is 1.74. The average molecular weight is 291 g/mol. The zero-order chi connectivity index (χ0) is 13.8. The Bertz CT molecular complexity index is 563. The lowest BCUT2D eigenvalue weighted by Crippen LogP contribution is -2.19. The van der Waals surface area contributed by atoms with Crippen LogP contribution in [0.15, 0.2) is 18.3 Å². The summed E-state index contributed by atoms with van der Waals surface area (Å²) in [4.78, 5) is 9.25. The Labute approximate surface area is 123 Å². The van der Waals surface area contributed by atoms with Crippen molar-refractivity contribution in [2.45, 2.75) is 37.5 Å². The van der Waals surface area contributed by atoms with Crippen molar-refractivity contribution in [2.75, 3.05) is 19.5 Å². The number of thioether (sulfide) groups is 1. The molecule has 1 fully saturated rings. The minimum atomic E-state index is 0.699. The molecule has 1 saturated heterocycles. The first-order chi connectivity index (χ1) is 9.88. The van der Waals surface area contributed by atoms with E-state index in [-0.39, 0.29) is 0 Å². The second kappa shape index (κ2) is 6.59. The van der Waals surface area contributed by atoms with E-state index in [4.69, 9.17) is 9.72 Å². The number of aromatic nitrogens is 3. The molecule has 0 saturated carbocycles. The van der Waals surface area contributed by atoms with Gasteiger partial charge in [-0.2, -0.15) is 11.8 Å². The Kier molecular flexibility index (Phi) is 4.58. The molecule has 0 N–H and O–H groups in total. The largest absolute Gasteiger partial charge is 0.384 e. The fraction of sp³-hybridized carbons (Fsp3) is 0.600. The number of hydrogen-bond acceptors (Lipinski definition) is 4. The van der Waals surface area contributed by atoms with Gasteiger partial charge in [-0.1, -0.05) is 6.42 Å². The molecular formula is C15H21N3OS. The van der Waals surface area contributed by atoms with Gasteiger partial charge in [0.2, 0.25) is 0 Å². The van der Waals surface area contributed by atoms with Crippen LogP contribution in [0.25, 0.3) is 11.2 Å². The average Bonchev–Trinajstić information content (AvgIpc) is 2.84. The Hall–Kier alpha value is -1.07. The minimum absolute atomic E-state index is 0.699. The van der Waals surface area contributed by atoms with Gasteiger partial charge in [0.05, 0.1) is 6.61 Å². The van der Waals surface area contributed by atoms with Crippen LogP contribution in [-0.4, -0.2) is 39.3 Å². The molecule has 108 valence electrons. The van der Waals surface area contributed by atoms with Gasteiger partial charge < -0.3 is 9.30 Å². The molecule has 0 aromatic carbocycles. The number of rotatable bonds is 5. The number of imidazole rings is 1. The first-order valence-corrected chi connectivity index (χ1v) is 8.34. The molecule has 0 bridgehead atoms. The van der Waals surface area contributed by atoms with Crippen molar-refractivity contribution in [3.05, 3.63) is 24.2 Å². The molecule has 0 amide bonds. The number of nitrogens with zero attached hydrogens (tertiary/aromatic N) is 3. The molecule has 5 heteroatoms. The summed E-state index contributed by atoms with van der Waals surface area (Å²) in [5.41, 5.74) is 2.02. The molecule has 0 spiro atoms. The summed E-state index contributed by atoms with van der Waals surface area (Å²) in [5, 5.41) is 0.699. The van der Waals surface area contributed by atoms with Crippen molar-refractivity contribution in [3.63, 3.8) is 0 Å². The summed E-state index contributed by atoms with van der Waals surface area (Å²) in [6.07, 6.45) is 6.73. The monoisotopic (exact) mass is 291 g/mol. The molecule has 1 unspecified atom stereocenters. The third kappa shape index (κ3) is 2.99. The Balaban J connectivity index is 1.88. The van der Waals surface area contributed by atoms with E-state index in [1.54, 1.807) is 7.11 Å². The van der Waals surface area contributed by atoms with Crippen LogP contribution in [0.2, 0.25) is 0 Å². The molecule has 3 rings (SSSR count). The SMILES string of the molecule is COCCc1nc2cccnc2n1CC1CCCCS1. The summed E-state index contributed by atoms with van der Waals surface area (Å²) >= 11 is 2.09. The quantitative estimate of drug-likeness (QED) is 0.849. The van der Waals surface area contributed by atoms with E-state index < -0.39 is 0 Å². The molecule has 0 radical (unpaired) electrons. The van der Waals surface area contributed by atoms with E-state index in [9.17, 15) is 0 Å². The van der Waals surface area contributed by atoms with Crippen molar-refractivity contribution >= 4 is 22.9 Å². The van der Waals surface area contributed by atoms with Gasteiger partial charge in [0.15, 0.2) is 5.65 Å². The topological polar surface area (TPSA) is 39.9 Å². The number of methoxy groups -OCH3 is 1. The van der Waals surface area contributed by atoms with Gasteiger partial charge in [0.1, 0.15) is 11.3 Å². The van der Waals surface area contributed by atoms with E-state index in [2.05, 4.69) is 21.3 Å². The summed E-state index contributed by atoms with van der Waals surface area (Å²) in [6.45, 7) is 1.73. The minimum Gasteiger partial charge on any atom is -0.384 e. The maximum atomic E-state index is 5.21. The summed E-state index contributed by atoms with van der Waals surface area (Å²) in [6, 6.07) is 4.00. The normalized spacial score (nSPS) is 19.6.